The fourth-order valence-corrected chi connectivity index (χ4v) is 4.79. The number of hydrogen-bond acceptors (Lipinski definition) is 9. The van der Waals surface area contributed by atoms with Crippen LogP contribution in [0.2, 0.25) is 5.02 Å². The van der Waals surface area contributed by atoms with E-state index in [0.717, 1.165) is 0 Å². The first-order valence-corrected chi connectivity index (χ1v) is 13.7. The molecule has 4 rings (SSSR count). The zero-order valence-corrected chi connectivity index (χ0v) is 23.2. The van der Waals surface area contributed by atoms with E-state index in [1.807, 2.05) is 20.0 Å². The third kappa shape index (κ3) is 6.30. The molecular formula is C25H31ClFN7O3S. The average molecular weight is 564 g/mol. The van der Waals surface area contributed by atoms with Crippen molar-refractivity contribution in [2.75, 3.05) is 43.2 Å². The molecule has 0 aliphatic carbocycles. The molecule has 13 heteroatoms. The van der Waals surface area contributed by atoms with Gasteiger partial charge in [0.15, 0.2) is 5.82 Å². The maximum atomic E-state index is 15.5. The molecule has 0 unspecified atom stereocenters. The van der Waals surface area contributed by atoms with Crippen LogP contribution < -0.4 is 15.4 Å². The zero-order valence-electron chi connectivity index (χ0n) is 21.7. The van der Waals surface area contributed by atoms with Crippen LogP contribution in [0.4, 0.5) is 20.8 Å². The first-order chi connectivity index (χ1) is 18.2. The number of anilines is 2. The minimum atomic E-state index is -0.566. The second kappa shape index (κ2) is 12.2. The number of alkyl carbamates (subject to hydrolysis) is 1. The van der Waals surface area contributed by atoms with E-state index in [4.69, 9.17) is 26.1 Å². The van der Waals surface area contributed by atoms with Crippen molar-refractivity contribution in [3.05, 3.63) is 41.4 Å². The summed E-state index contributed by atoms with van der Waals surface area (Å²) in [7, 11) is 1.33. The molecule has 0 atom stereocenters. The number of amides is 1. The first-order valence-electron chi connectivity index (χ1n) is 12.1. The fourth-order valence-electron chi connectivity index (χ4n) is 4.21. The van der Waals surface area contributed by atoms with E-state index in [0.29, 0.717) is 60.5 Å². The number of carbonyl (C=O) groups excluding carboxylic acids is 1. The molecule has 1 aromatic carbocycles. The van der Waals surface area contributed by atoms with E-state index in [1.165, 1.54) is 25.1 Å². The van der Waals surface area contributed by atoms with Crippen molar-refractivity contribution in [1.82, 2.24) is 25.1 Å². The molecule has 3 aromatic rings. The van der Waals surface area contributed by atoms with E-state index in [9.17, 15) is 4.79 Å². The van der Waals surface area contributed by atoms with Gasteiger partial charge in [0.2, 0.25) is 5.95 Å². The summed E-state index contributed by atoms with van der Waals surface area (Å²) in [6, 6.07) is 4.88. The molecule has 1 saturated heterocycles. The van der Waals surface area contributed by atoms with Crippen molar-refractivity contribution in [2.45, 2.75) is 38.3 Å². The molecule has 3 heterocycles. The van der Waals surface area contributed by atoms with E-state index in [1.54, 1.807) is 29.3 Å². The van der Waals surface area contributed by atoms with Gasteiger partial charge in [0.1, 0.15) is 5.69 Å². The zero-order chi connectivity index (χ0) is 27.3. The lowest BCUT2D eigenvalue weighted by Crippen LogP contribution is -2.56. The fraction of sp³-hybridized carbons (Fsp3) is 0.440. The molecule has 0 saturated carbocycles. The van der Waals surface area contributed by atoms with Crippen molar-refractivity contribution < 1.29 is 18.7 Å². The summed E-state index contributed by atoms with van der Waals surface area (Å²) < 4.78 is 30.5. The van der Waals surface area contributed by atoms with Gasteiger partial charge in [0.25, 0.3) is 0 Å². The van der Waals surface area contributed by atoms with Crippen LogP contribution in [0, 0.1) is 5.82 Å². The van der Waals surface area contributed by atoms with Gasteiger partial charge in [0, 0.05) is 60.6 Å². The molecule has 38 heavy (non-hydrogen) atoms. The summed E-state index contributed by atoms with van der Waals surface area (Å²) in [5.41, 5.74) is 1.58. The number of halogens is 2. The summed E-state index contributed by atoms with van der Waals surface area (Å²) in [4.78, 5) is 21.1. The van der Waals surface area contributed by atoms with Gasteiger partial charge in [-0.1, -0.05) is 23.5 Å². The molecule has 204 valence electrons. The second-order valence-electron chi connectivity index (χ2n) is 9.21. The third-order valence-electron chi connectivity index (χ3n) is 6.28. The molecule has 0 spiro atoms. The van der Waals surface area contributed by atoms with Crippen LogP contribution in [0.25, 0.3) is 22.5 Å². The largest absolute Gasteiger partial charge is 0.453 e. The molecule has 0 radical (unpaired) electrons. The maximum absolute atomic E-state index is 15.5. The van der Waals surface area contributed by atoms with Crippen LogP contribution >= 0.6 is 23.5 Å². The van der Waals surface area contributed by atoms with Crippen molar-refractivity contribution in [3.8, 4) is 22.5 Å². The molecule has 3 N–H and O–H groups in total. The standard InChI is InChI=1S/C25H31ClFN7O3S/c1-15(2)34-13-18(22(32-34)17-11-16(26)12-20(21(17)27)33-38-4)19-5-8-28-23(30-19)29-14-25(31-24(35)36-3)6-9-37-10-7-25/h5,8,11-13,15,33H,6-7,9-10,14H2,1-4H3,(H,31,35)(H,28,29,30). The average Bonchev–Trinajstić information content (AvgIpc) is 3.36. The number of nitrogens with zero attached hydrogens (tertiary/aromatic N) is 4. The van der Waals surface area contributed by atoms with Gasteiger partial charge < -0.3 is 24.8 Å². The van der Waals surface area contributed by atoms with E-state index in [-0.39, 0.29) is 17.3 Å². The number of carbonyl (C=O) groups is 1. The summed E-state index contributed by atoms with van der Waals surface area (Å²) >= 11 is 7.61. The van der Waals surface area contributed by atoms with Crippen LogP contribution in [-0.4, -0.2) is 64.5 Å². The van der Waals surface area contributed by atoms with Crippen molar-refractivity contribution in [2.24, 2.45) is 0 Å². The molecule has 1 fully saturated rings. The lowest BCUT2D eigenvalue weighted by Gasteiger charge is -2.37. The Bertz CT molecular complexity index is 1280. The van der Waals surface area contributed by atoms with Crippen LogP contribution in [0.15, 0.2) is 30.6 Å². The summed E-state index contributed by atoms with van der Waals surface area (Å²) in [6.07, 6.45) is 5.99. The summed E-state index contributed by atoms with van der Waals surface area (Å²) in [5, 5.41) is 11.3. The Morgan fingerprint density at radius 3 is 2.76 bits per heavy atom. The Balaban J connectivity index is 1.68. The highest BCUT2D eigenvalue weighted by molar-refractivity contribution is 7.99. The van der Waals surface area contributed by atoms with E-state index >= 15 is 4.39 Å². The van der Waals surface area contributed by atoms with Crippen molar-refractivity contribution >= 4 is 41.3 Å². The van der Waals surface area contributed by atoms with Gasteiger partial charge in [-0.3, -0.25) is 4.68 Å². The topological polar surface area (TPSA) is 115 Å². The molecule has 2 aromatic heterocycles. The van der Waals surface area contributed by atoms with Gasteiger partial charge >= 0.3 is 6.09 Å². The van der Waals surface area contributed by atoms with E-state index in [2.05, 4.69) is 25.4 Å². The molecule has 1 amide bonds. The van der Waals surface area contributed by atoms with Gasteiger partial charge in [-0.05, 0) is 44.9 Å². The molecule has 0 bridgehead atoms. The van der Waals surface area contributed by atoms with E-state index < -0.39 is 17.4 Å². The van der Waals surface area contributed by atoms with Crippen LogP contribution in [-0.2, 0) is 9.47 Å². The number of hydrogen-bond donors (Lipinski definition) is 3. The van der Waals surface area contributed by atoms with Gasteiger partial charge in [-0.2, -0.15) is 5.10 Å². The number of nitrogens with one attached hydrogen (secondary N) is 3. The number of ether oxygens (including phenoxy) is 2. The Morgan fingerprint density at radius 2 is 2.08 bits per heavy atom. The highest BCUT2D eigenvalue weighted by Crippen LogP contribution is 2.37. The summed E-state index contributed by atoms with van der Waals surface area (Å²) in [5.74, 6) is -0.0960. The highest BCUT2D eigenvalue weighted by atomic mass is 35.5. The lowest BCUT2D eigenvalue weighted by atomic mass is 9.90. The van der Waals surface area contributed by atoms with Gasteiger partial charge in [-0.25, -0.2) is 19.2 Å². The van der Waals surface area contributed by atoms with Crippen LogP contribution in [0.5, 0.6) is 0 Å². The number of rotatable bonds is 9. The normalized spacial score (nSPS) is 14.8. The van der Waals surface area contributed by atoms with Crippen molar-refractivity contribution in [1.29, 1.82) is 0 Å². The van der Waals surface area contributed by atoms with Gasteiger partial charge in [-0.15, -0.1) is 0 Å². The minimum Gasteiger partial charge on any atom is -0.453 e. The smallest absolute Gasteiger partial charge is 0.407 e. The summed E-state index contributed by atoms with van der Waals surface area (Å²) in [6.45, 7) is 5.39. The van der Waals surface area contributed by atoms with Crippen LogP contribution in [0.3, 0.4) is 0 Å². The quantitative estimate of drug-likeness (QED) is 0.295. The van der Waals surface area contributed by atoms with Crippen LogP contribution in [0.1, 0.15) is 32.7 Å². The third-order valence-corrected chi connectivity index (χ3v) is 6.93. The Morgan fingerprint density at radius 1 is 1.32 bits per heavy atom. The monoisotopic (exact) mass is 563 g/mol. The maximum Gasteiger partial charge on any atom is 0.407 e. The minimum absolute atomic E-state index is 0.0331. The SMILES string of the molecule is COC(=O)NC1(CNc2nccc(-c3cn(C(C)C)nc3-c3cc(Cl)cc(NSC)c3F)n2)CCOCC1. The first kappa shape index (κ1) is 27.9. The predicted octanol–water partition coefficient (Wildman–Crippen LogP) is 5.39. The Labute approximate surface area is 230 Å². The molecule has 1 aliphatic rings. The second-order valence-corrected chi connectivity index (χ2v) is 10.3. The highest BCUT2D eigenvalue weighted by Gasteiger charge is 2.35. The molecular weight excluding hydrogens is 533 g/mol. The molecule has 10 nitrogen and oxygen atoms in total. The Hall–Kier alpha value is -3.09. The lowest BCUT2D eigenvalue weighted by molar-refractivity contribution is 0.0418. The number of methoxy groups -OCH3 is 1. The molecule has 1 aliphatic heterocycles. The Kier molecular flexibility index (Phi) is 8.95. The van der Waals surface area contributed by atoms with Crippen molar-refractivity contribution in [3.63, 3.8) is 0 Å². The predicted molar refractivity (Wildman–Crippen MR) is 148 cm³/mol. The number of benzene rings is 1. The number of aromatic nitrogens is 4. The van der Waals surface area contributed by atoms with Gasteiger partial charge in [0.05, 0.1) is 24.0 Å².